The zero-order chi connectivity index (χ0) is 14.7. The van der Waals surface area contributed by atoms with Crippen molar-refractivity contribution in [2.24, 2.45) is 0 Å². The van der Waals surface area contributed by atoms with Crippen LogP contribution < -0.4 is 4.74 Å². The molecule has 1 N–H and O–H groups in total. The van der Waals surface area contributed by atoms with Gasteiger partial charge in [0.15, 0.2) is 0 Å². The monoisotopic (exact) mass is 351 g/mol. The van der Waals surface area contributed by atoms with Gasteiger partial charge >= 0.3 is 5.97 Å². The first kappa shape index (κ1) is 14.4. The van der Waals surface area contributed by atoms with Crippen LogP contribution >= 0.6 is 27.5 Å². The van der Waals surface area contributed by atoms with Crippen molar-refractivity contribution in [1.82, 2.24) is 0 Å². The standard InChI is InChI=1S/C14H7BrClNO3/c15-9-2-1-8(7-17)13(5-9)20-12-4-3-10(16)6-11(12)14(18)19/h1-6H,(H,18,19). The lowest BCUT2D eigenvalue weighted by Gasteiger charge is -2.10. The van der Waals surface area contributed by atoms with E-state index in [4.69, 9.17) is 26.7 Å². The molecule has 4 nitrogen and oxygen atoms in total. The van der Waals surface area contributed by atoms with Gasteiger partial charge in [0.05, 0.1) is 5.56 Å². The number of carboxylic acids is 1. The van der Waals surface area contributed by atoms with Crippen LogP contribution in [0.4, 0.5) is 0 Å². The molecule has 2 aromatic carbocycles. The predicted molar refractivity (Wildman–Crippen MR) is 77.3 cm³/mol. The summed E-state index contributed by atoms with van der Waals surface area (Å²) in [6.07, 6.45) is 0. The molecule has 0 atom stereocenters. The Kier molecular flexibility index (Phi) is 4.28. The number of rotatable bonds is 3. The third-order valence-corrected chi connectivity index (χ3v) is 3.18. The number of carbonyl (C=O) groups is 1. The van der Waals surface area contributed by atoms with Gasteiger partial charge in [-0.2, -0.15) is 5.26 Å². The second-order valence-electron chi connectivity index (χ2n) is 3.80. The minimum absolute atomic E-state index is 0.0682. The maximum atomic E-state index is 11.2. The first-order valence-corrected chi connectivity index (χ1v) is 6.58. The normalized spacial score (nSPS) is 9.85. The molecule has 0 aliphatic rings. The summed E-state index contributed by atoms with van der Waals surface area (Å²) in [6.45, 7) is 0. The van der Waals surface area contributed by atoms with Gasteiger partial charge in [0, 0.05) is 9.50 Å². The Bertz CT molecular complexity index is 725. The van der Waals surface area contributed by atoms with Gasteiger partial charge in [-0.3, -0.25) is 0 Å². The Morgan fingerprint density at radius 2 is 2.00 bits per heavy atom. The average molecular weight is 353 g/mol. The van der Waals surface area contributed by atoms with E-state index in [2.05, 4.69) is 15.9 Å². The molecule has 0 spiro atoms. The Morgan fingerprint density at radius 1 is 1.25 bits per heavy atom. The number of halogens is 2. The number of aromatic carboxylic acids is 1. The number of nitrogens with zero attached hydrogens (tertiary/aromatic N) is 1. The van der Waals surface area contributed by atoms with Gasteiger partial charge in [0.25, 0.3) is 0 Å². The summed E-state index contributed by atoms with van der Waals surface area (Å²) in [7, 11) is 0. The Morgan fingerprint density at radius 3 is 2.65 bits per heavy atom. The summed E-state index contributed by atoms with van der Waals surface area (Å²) in [6, 6.07) is 11.1. The molecular formula is C14H7BrClNO3. The van der Waals surface area contributed by atoms with Crippen LogP contribution in [-0.4, -0.2) is 11.1 Å². The highest BCUT2D eigenvalue weighted by Gasteiger charge is 2.14. The van der Waals surface area contributed by atoms with Crippen LogP contribution in [0.15, 0.2) is 40.9 Å². The molecular weight excluding hydrogens is 346 g/mol. The van der Waals surface area contributed by atoms with Crippen molar-refractivity contribution in [1.29, 1.82) is 5.26 Å². The number of benzene rings is 2. The fraction of sp³-hybridized carbons (Fsp3) is 0. The van der Waals surface area contributed by atoms with Gasteiger partial charge < -0.3 is 9.84 Å². The Balaban J connectivity index is 2.48. The molecule has 6 heteroatoms. The molecule has 0 fully saturated rings. The van der Waals surface area contributed by atoms with Gasteiger partial charge in [-0.25, -0.2) is 4.79 Å². The smallest absolute Gasteiger partial charge is 0.339 e. The maximum absolute atomic E-state index is 11.2. The second kappa shape index (κ2) is 5.95. The molecule has 0 amide bonds. The van der Waals surface area contributed by atoms with E-state index >= 15 is 0 Å². The summed E-state index contributed by atoms with van der Waals surface area (Å²) in [5.74, 6) is -0.765. The van der Waals surface area contributed by atoms with E-state index < -0.39 is 5.97 Å². The lowest BCUT2D eigenvalue weighted by molar-refractivity contribution is 0.0694. The van der Waals surface area contributed by atoms with E-state index in [-0.39, 0.29) is 17.1 Å². The van der Waals surface area contributed by atoms with Crippen molar-refractivity contribution in [3.8, 4) is 17.6 Å². The minimum Gasteiger partial charge on any atom is -0.478 e. The molecule has 0 saturated heterocycles. The SMILES string of the molecule is N#Cc1ccc(Br)cc1Oc1ccc(Cl)cc1C(=O)O. The minimum atomic E-state index is -1.16. The molecule has 100 valence electrons. The quantitative estimate of drug-likeness (QED) is 0.885. The van der Waals surface area contributed by atoms with E-state index in [9.17, 15) is 4.79 Å². The van der Waals surface area contributed by atoms with Gasteiger partial charge in [0.1, 0.15) is 23.1 Å². The lowest BCUT2D eigenvalue weighted by atomic mass is 10.2. The van der Waals surface area contributed by atoms with E-state index in [1.807, 2.05) is 6.07 Å². The van der Waals surface area contributed by atoms with Gasteiger partial charge in [-0.15, -0.1) is 0 Å². The van der Waals surface area contributed by atoms with Crippen LogP contribution in [0.3, 0.4) is 0 Å². The highest BCUT2D eigenvalue weighted by Crippen LogP contribution is 2.31. The summed E-state index contributed by atoms with van der Waals surface area (Å²) < 4.78 is 6.26. The van der Waals surface area contributed by atoms with Crippen molar-refractivity contribution in [2.45, 2.75) is 0 Å². The van der Waals surface area contributed by atoms with Crippen LogP contribution in [0.2, 0.25) is 5.02 Å². The predicted octanol–water partition coefficient (Wildman–Crippen LogP) is 4.46. The third kappa shape index (κ3) is 3.10. The molecule has 0 bridgehead atoms. The largest absolute Gasteiger partial charge is 0.478 e. The lowest BCUT2D eigenvalue weighted by Crippen LogP contribution is -2.00. The molecule has 0 radical (unpaired) electrons. The van der Waals surface area contributed by atoms with Crippen LogP contribution in [0, 0.1) is 11.3 Å². The second-order valence-corrected chi connectivity index (χ2v) is 5.15. The topological polar surface area (TPSA) is 70.3 Å². The number of carboxylic acid groups (broad SMARTS) is 1. The summed E-state index contributed by atoms with van der Waals surface area (Å²) in [5.41, 5.74) is 0.237. The zero-order valence-electron chi connectivity index (χ0n) is 9.93. The molecule has 0 aliphatic heterocycles. The fourth-order valence-electron chi connectivity index (χ4n) is 1.55. The molecule has 0 unspecified atom stereocenters. The van der Waals surface area contributed by atoms with Crippen molar-refractivity contribution >= 4 is 33.5 Å². The molecule has 2 rings (SSSR count). The third-order valence-electron chi connectivity index (χ3n) is 2.46. The molecule has 20 heavy (non-hydrogen) atoms. The molecule has 0 aromatic heterocycles. The van der Waals surface area contributed by atoms with E-state index in [0.717, 1.165) is 4.47 Å². The van der Waals surface area contributed by atoms with Crippen LogP contribution in [0.1, 0.15) is 15.9 Å². The van der Waals surface area contributed by atoms with Crippen molar-refractivity contribution in [3.63, 3.8) is 0 Å². The van der Waals surface area contributed by atoms with Crippen LogP contribution in [-0.2, 0) is 0 Å². The van der Waals surface area contributed by atoms with Crippen LogP contribution in [0.25, 0.3) is 0 Å². The Labute approximate surface area is 128 Å². The summed E-state index contributed by atoms with van der Waals surface area (Å²) in [5, 5.41) is 18.5. The Hall–Kier alpha value is -2.03. The summed E-state index contributed by atoms with van der Waals surface area (Å²) >= 11 is 9.04. The molecule has 0 aliphatic carbocycles. The van der Waals surface area contributed by atoms with E-state index in [1.165, 1.54) is 18.2 Å². The van der Waals surface area contributed by atoms with Crippen molar-refractivity contribution in [2.75, 3.05) is 0 Å². The van der Waals surface area contributed by atoms with E-state index in [1.54, 1.807) is 18.2 Å². The van der Waals surface area contributed by atoms with Crippen LogP contribution in [0.5, 0.6) is 11.5 Å². The molecule has 0 heterocycles. The van der Waals surface area contributed by atoms with Gasteiger partial charge in [0.2, 0.25) is 0 Å². The molecule has 0 saturated carbocycles. The van der Waals surface area contributed by atoms with Crippen molar-refractivity contribution in [3.05, 3.63) is 57.0 Å². The van der Waals surface area contributed by atoms with Gasteiger partial charge in [-0.1, -0.05) is 27.5 Å². The maximum Gasteiger partial charge on any atom is 0.339 e. The summed E-state index contributed by atoms with van der Waals surface area (Å²) in [4.78, 5) is 11.2. The van der Waals surface area contributed by atoms with Gasteiger partial charge in [-0.05, 0) is 36.4 Å². The first-order valence-electron chi connectivity index (χ1n) is 5.41. The number of hydrogen-bond donors (Lipinski definition) is 1. The first-order chi connectivity index (χ1) is 9.51. The highest BCUT2D eigenvalue weighted by atomic mass is 79.9. The van der Waals surface area contributed by atoms with Crippen molar-refractivity contribution < 1.29 is 14.6 Å². The highest BCUT2D eigenvalue weighted by molar-refractivity contribution is 9.10. The fourth-order valence-corrected chi connectivity index (χ4v) is 2.06. The molecule has 2 aromatic rings. The number of nitriles is 1. The number of hydrogen-bond acceptors (Lipinski definition) is 3. The zero-order valence-corrected chi connectivity index (χ0v) is 12.3. The average Bonchev–Trinajstić information content (AvgIpc) is 2.41. The van der Waals surface area contributed by atoms with E-state index in [0.29, 0.717) is 10.6 Å². The number of ether oxygens (including phenoxy) is 1.